The second kappa shape index (κ2) is 5.99. The molecule has 3 heterocycles. The molecule has 118 valence electrons. The molecule has 4 aromatic rings. The molecule has 0 fully saturated rings. The number of nitrogen functional groups attached to an aromatic ring is 1. The topological polar surface area (TPSA) is 90.7 Å². The molecule has 4 N–H and O–H groups in total. The van der Waals surface area contributed by atoms with Gasteiger partial charge in [-0.3, -0.25) is 9.97 Å². The number of nitrogens with two attached hydrogens (primary N) is 2. The van der Waals surface area contributed by atoms with Crippen LogP contribution in [0.4, 0.5) is 5.13 Å². The van der Waals surface area contributed by atoms with Crippen molar-refractivity contribution in [1.82, 2.24) is 15.0 Å². The molecule has 0 spiro atoms. The van der Waals surface area contributed by atoms with Crippen molar-refractivity contribution in [2.45, 2.75) is 6.54 Å². The summed E-state index contributed by atoms with van der Waals surface area (Å²) in [4.78, 5) is 13.2. The van der Waals surface area contributed by atoms with Crippen molar-refractivity contribution in [3.8, 4) is 22.4 Å². The van der Waals surface area contributed by atoms with Gasteiger partial charge in [0.2, 0.25) is 0 Å². The number of pyridine rings is 2. The SMILES string of the molecule is NCc1ccc(-c2cc(-c3cccnc3)cc3nc(N)sc23)nc1. The molecule has 0 unspecified atom stereocenters. The highest BCUT2D eigenvalue weighted by Gasteiger charge is 2.13. The van der Waals surface area contributed by atoms with Gasteiger partial charge in [-0.1, -0.05) is 23.5 Å². The summed E-state index contributed by atoms with van der Waals surface area (Å²) >= 11 is 1.47. The fourth-order valence-corrected chi connectivity index (χ4v) is 3.48. The number of hydrogen-bond acceptors (Lipinski definition) is 6. The van der Waals surface area contributed by atoms with E-state index >= 15 is 0 Å². The number of fused-ring (bicyclic) bond motifs is 1. The van der Waals surface area contributed by atoms with Gasteiger partial charge in [0.25, 0.3) is 0 Å². The molecule has 3 aromatic heterocycles. The predicted octanol–water partition coefficient (Wildman–Crippen LogP) is 3.46. The van der Waals surface area contributed by atoms with Crippen LogP contribution in [-0.4, -0.2) is 15.0 Å². The molecule has 1 aromatic carbocycles. The van der Waals surface area contributed by atoms with Gasteiger partial charge in [-0.2, -0.15) is 0 Å². The average Bonchev–Trinajstić information content (AvgIpc) is 3.02. The molecule has 5 nitrogen and oxygen atoms in total. The fourth-order valence-electron chi connectivity index (χ4n) is 2.64. The van der Waals surface area contributed by atoms with Crippen molar-refractivity contribution in [2.24, 2.45) is 5.73 Å². The minimum Gasteiger partial charge on any atom is -0.375 e. The molecular weight excluding hydrogens is 318 g/mol. The molecule has 4 rings (SSSR count). The molecule has 0 saturated carbocycles. The van der Waals surface area contributed by atoms with Gasteiger partial charge in [-0.15, -0.1) is 0 Å². The number of benzene rings is 1. The summed E-state index contributed by atoms with van der Waals surface area (Å²) in [7, 11) is 0. The van der Waals surface area contributed by atoms with Gasteiger partial charge in [0.15, 0.2) is 5.13 Å². The largest absolute Gasteiger partial charge is 0.375 e. The van der Waals surface area contributed by atoms with Crippen molar-refractivity contribution >= 4 is 26.7 Å². The van der Waals surface area contributed by atoms with Crippen LogP contribution in [0.15, 0.2) is 55.0 Å². The molecular formula is C18H15N5S. The van der Waals surface area contributed by atoms with E-state index < -0.39 is 0 Å². The molecule has 0 aliphatic carbocycles. The standard InChI is InChI=1S/C18H15N5S/c19-8-11-3-4-15(22-9-11)14-6-13(12-2-1-5-21-10-12)7-16-17(14)24-18(20)23-16/h1-7,9-10H,8,19H2,(H2,20,23). The Labute approximate surface area is 143 Å². The first-order valence-corrected chi connectivity index (χ1v) is 8.32. The highest BCUT2D eigenvalue weighted by atomic mass is 32.1. The monoisotopic (exact) mass is 333 g/mol. The van der Waals surface area contributed by atoms with Crippen molar-refractivity contribution < 1.29 is 0 Å². The zero-order valence-electron chi connectivity index (χ0n) is 12.8. The Kier molecular flexibility index (Phi) is 3.68. The van der Waals surface area contributed by atoms with Crippen LogP contribution < -0.4 is 11.5 Å². The number of anilines is 1. The Balaban J connectivity index is 1.95. The third-order valence-corrected chi connectivity index (χ3v) is 4.77. The van der Waals surface area contributed by atoms with Crippen LogP contribution in [0.3, 0.4) is 0 Å². The Morgan fingerprint density at radius 1 is 1.04 bits per heavy atom. The lowest BCUT2D eigenvalue weighted by Crippen LogP contribution is -1.97. The smallest absolute Gasteiger partial charge is 0.181 e. The predicted molar refractivity (Wildman–Crippen MR) is 98.4 cm³/mol. The first kappa shape index (κ1) is 14.7. The highest BCUT2D eigenvalue weighted by Crippen LogP contribution is 2.37. The minimum absolute atomic E-state index is 0.478. The minimum atomic E-state index is 0.478. The molecule has 6 heteroatoms. The fraction of sp³-hybridized carbons (Fsp3) is 0.0556. The summed E-state index contributed by atoms with van der Waals surface area (Å²) in [5.41, 5.74) is 17.4. The average molecular weight is 333 g/mol. The molecule has 0 bridgehead atoms. The summed E-state index contributed by atoms with van der Waals surface area (Å²) in [6.07, 6.45) is 5.41. The van der Waals surface area contributed by atoms with Crippen LogP contribution in [-0.2, 0) is 6.54 Å². The molecule has 0 aliphatic heterocycles. The van der Waals surface area contributed by atoms with E-state index in [4.69, 9.17) is 11.5 Å². The van der Waals surface area contributed by atoms with Crippen molar-refractivity contribution in [3.05, 3.63) is 60.6 Å². The second-order valence-corrected chi connectivity index (χ2v) is 6.45. The number of rotatable bonds is 3. The van der Waals surface area contributed by atoms with E-state index in [-0.39, 0.29) is 0 Å². The Morgan fingerprint density at radius 2 is 1.96 bits per heavy atom. The van der Waals surface area contributed by atoms with E-state index in [0.29, 0.717) is 11.7 Å². The summed E-state index contributed by atoms with van der Waals surface area (Å²) in [6.45, 7) is 0.478. The van der Waals surface area contributed by atoms with E-state index in [1.165, 1.54) is 11.3 Å². The molecule has 0 saturated heterocycles. The first-order chi connectivity index (χ1) is 11.7. The molecule has 0 atom stereocenters. The van der Waals surface area contributed by atoms with E-state index in [1.54, 1.807) is 6.20 Å². The zero-order valence-corrected chi connectivity index (χ0v) is 13.6. The van der Waals surface area contributed by atoms with E-state index in [1.807, 2.05) is 42.7 Å². The third-order valence-electron chi connectivity index (χ3n) is 3.84. The van der Waals surface area contributed by atoms with Crippen molar-refractivity contribution in [1.29, 1.82) is 0 Å². The van der Waals surface area contributed by atoms with E-state index in [9.17, 15) is 0 Å². The van der Waals surface area contributed by atoms with Crippen molar-refractivity contribution in [2.75, 3.05) is 5.73 Å². The summed E-state index contributed by atoms with van der Waals surface area (Å²) in [5.74, 6) is 0. The highest BCUT2D eigenvalue weighted by molar-refractivity contribution is 7.22. The number of thiazole rings is 1. The number of aromatic nitrogens is 3. The van der Waals surface area contributed by atoms with Crippen LogP contribution in [0.5, 0.6) is 0 Å². The maximum absolute atomic E-state index is 5.93. The quantitative estimate of drug-likeness (QED) is 0.599. The first-order valence-electron chi connectivity index (χ1n) is 7.50. The van der Waals surface area contributed by atoms with Crippen LogP contribution in [0.2, 0.25) is 0 Å². The molecule has 0 aliphatic rings. The van der Waals surface area contributed by atoms with Gasteiger partial charge in [0, 0.05) is 36.3 Å². The summed E-state index contributed by atoms with van der Waals surface area (Å²) < 4.78 is 1.04. The number of nitrogens with zero attached hydrogens (tertiary/aromatic N) is 3. The maximum atomic E-state index is 5.93. The zero-order chi connectivity index (χ0) is 16.5. The van der Waals surface area contributed by atoms with Crippen LogP contribution >= 0.6 is 11.3 Å². The lowest BCUT2D eigenvalue weighted by Gasteiger charge is -2.07. The van der Waals surface area contributed by atoms with Crippen LogP contribution in [0.25, 0.3) is 32.6 Å². The molecule has 0 amide bonds. The van der Waals surface area contributed by atoms with Crippen LogP contribution in [0.1, 0.15) is 5.56 Å². The van der Waals surface area contributed by atoms with Gasteiger partial charge in [-0.05, 0) is 35.4 Å². The Bertz CT molecular complexity index is 993. The van der Waals surface area contributed by atoms with Gasteiger partial charge in [0.05, 0.1) is 15.9 Å². The maximum Gasteiger partial charge on any atom is 0.181 e. The number of hydrogen-bond donors (Lipinski definition) is 2. The molecule has 0 radical (unpaired) electrons. The van der Waals surface area contributed by atoms with Crippen molar-refractivity contribution in [3.63, 3.8) is 0 Å². The second-order valence-electron chi connectivity index (χ2n) is 5.42. The van der Waals surface area contributed by atoms with E-state index in [0.717, 1.165) is 38.2 Å². The normalized spacial score (nSPS) is 11.0. The summed E-state index contributed by atoms with van der Waals surface area (Å²) in [6, 6.07) is 12.1. The molecule has 24 heavy (non-hydrogen) atoms. The lowest BCUT2D eigenvalue weighted by molar-refractivity contribution is 1.05. The van der Waals surface area contributed by atoms with Gasteiger partial charge < -0.3 is 11.5 Å². The Hall–Kier alpha value is -2.83. The lowest BCUT2D eigenvalue weighted by atomic mass is 10.0. The summed E-state index contributed by atoms with van der Waals surface area (Å²) in [5, 5.41) is 0.549. The van der Waals surface area contributed by atoms with Gasteiger partial charge in [-0.25, -0.2) is 4.98 Å². The van der Waals surface area contributed by atoms with E-state index in [2.05, 4.69) is 21.0 Å². The Morgan fingerprint density at radius 3 is 2.67 bits per heavy atom. The third kappa shape index (κ3) is 2.62. The van der Waals surface area contributed by atoms with Gasteiger partial charge >= 0.3 is 0 Å². The van der Waals surface area contributed by atoms with Crippen LogP contribution in [0, 0.1) is 0 Å². The van der Waals surface area contributed by atoms with Gasteiger partial charge in [0.1, 0.15) is 0 Å².